The summed E-state index contributed by atoms with van der Waals surface area (Å²) in [4.78, 5) is 0. The highest BCUT2D eigenvalue weighted by atomic mass is 79.9. The van der Waals surface area contributed by atoms with Crippen molar-refractivity contribution < 1.29 is 5.11 Å². The highest BCUT2D eigenvalue weighted by Crippen LogP contribution is 2.24. The van der Waals surface area contributed by atoms with Crippen molar-refractivity contribution >= 4 is 15.9 Å². The van der Waals surface area contributed by atoms with Gasteiger partial charge in [0.25, 0.3) is 0 Å². The van der Waals surface area contributed by atoms with E-state index in [-0.39, 0.29) is 12.6 Å². The van der Waals surface area contributed by atoms with Gasteiger partial charge in [0.1, 0.15) is 0 Å². The minimum atomic E-state index is 0.0164. The molecule has 0 amide bonds. The summed E-state index contributed by atoms with van der Waals surface area (Å²) in [5, 5.41) is 8.66. The van der Waals surface area contributed by atoms with Gasteiger partial charge in [-0.1, -0.05) is 34.1 Å². The maximum Gasteiger partial charge on any atom is 0.0431 e. The molecular weight excluding hydrogens is 230 g/mol. The Kier molecular flexibility index (Phi) is 4.42. The summed E-state index contributed by atoms with van der Waals surface area (Å²) in [5.41, 5.74) is 7.05. The molecule has 0 saturated heterocycles. The lowest BCUT2D eigenvalue weighted by molar-refractivity contribution is 0.280. The smallest absolute Gasteiger partial charge is 0.0431 e. The molecule has 0 saturated carbocycles. The number of nitrogens with two attached hydrogens (primary N) is 1. The van der Waals surface area contributed by atoms with E-state index in [4.69, 9.17) is 10.8 Å². The molecule has 2 nitrogen and oxygen atoms in total. The van der Waals surface area contributed by atoms with Crippen molar-refractivity contribution in [2.45, 2.75) is 18.9 Å². The van der Waals surface area contributed by atoms with Crippen molar-refractivity contribution in [3.8, 4) is 0 Å². The molecule has 1 aromatic carbocycles. The van der Waals surface area contributed by atoms with E-state index in [1.807, 2.05) is 24.3 Å². The fraction of sp³-hybridized carbons (Fsp3) is 0.400. The van der Waals surface area contributed by atoms with Gasteiger partial charge in [-0.05, 0) is 24.5 Å². The van der Waals surface area contributed by atoms with E-state index < -0.39 is 0 Å². The van der Waals surface area contributed by atoms with E-state index in [0.29, 0.717) is 0 Å². The summed E-state index contributed by atoms with van der Waals surface area (Å²) in [7, 11) is 0. The monoisotopic (exact) mass is 243 g/mol. The summed E-state index contributed by atoms with van der Waals surface area (Å²) in [6, 6.07) is 7.94. The third-order valence-electron chi connectivity index (χ3n) is 1.98. The number of aliphatic hydroxyl groups is 1. The van der Waals surface area contributed by atoms with Crippen molar-refractivity contribution in [2.24, 2.45) is 5.73 Å². The topological polar surface area (TPSA) is 46.2 Å². The molecule has 0 aromatic heterocycles. The Morgan fingerprint density at radius 1 is 1.38 bits per heavy atom. The van der Waals surface area contributed by atoms with E-state index in [0.717, 1.165) is 22.9 Å². The van der Waals surface area contributed by atoms with Crippen LogP contribution in [0.25, 0.3) is 0 Å². The van der Waals surface area contributed by atoms with E-state index in [9.17, 15) is 0 Å². The number of aliphatic hydroxyl groups excluding tert-OH is 1. The Morgan fingerprint density at radius 2 is 2.08 bits per heavy atom. The number of hydrogen-bond acceptors (Lipinski definition) is 2. The molecule has 72 valence electrons. The molecule has 0 bridgehead atoms. The molecule has 0 heterocycles. The summed E-state index contributed by atoms with van der Waals surface area (Å²) in [6.07, 6.45) is 1.57. The molecule has 1 unspecified atom stereocenters. The third-order valence-corrected chi connectivity index (χ3v) is 2.70. The quantitative estimate of drug-likeness (QED) is 0.853. The second kappa shape index (κ2) is 5.37. The average molecular weight is 244 g/mol. The van der Waals surface area contributed by atoms with E-state index in [2.05, 4.69) is 15.9 Å². The van der Waals surface area contributed by atoms with E-state index in [1.54, 1.807) is 0 Å². The minimum Gasteiger partial charge on any atom is -0.396 e. The highest BCUT2D eigenvalue weighted by Gasteiger charge is 2.07. The predicted molar refractivity (Wildman–Crippen MR) is 57.4 cm³/mol. The Balaban J connectivity index is 2.65. The van der Waals surface area contributed by atoms with Crippen LogP contribution in [-0.2, 0) is 0 Å². The molecule has 0 aliphatic carbocycles. The van der Waals surface area contributed by atoms with Crippen molar-refractivity contribution in [2.75, 3.05) is 6.61 Å². The molecule has 13 heavy (non-hydrogen) atoms. The van der Waals surface area contributed by atoms with E-state index >= 15 is 0 Å². The van der Waals surface area contributed by atoms with Gasteiger partial charge in [0.2, 0.25) is 0 Å². The minimum absolute atomic E-state index is 0.0164. The standard InChI is InChI=1S/C10H14BrNO/c11-9-5-2-1-4-8(9)10(12)6-3-7-13/h1-2,4-5,10,13H,3,6-7,12H2. The molecule has 0 aliphatic rings. The lowest BCUT2D eigenvalue weighted by Crippen LogP contribution is -2.11. The molecule has 1 aromatic rings. The summed E-state index contributed by atoms with van der Waals surface area (Å²) >= 11 is 3.45. The molecule has 1 rings (SSSR count). The zero-order valence-corrected chi connectivity index (χ0v) is 9.00. The third kappa shape index (κ3) is 3.10. The van der Waals surface area contributed by atoms with Crippen LogP contribution in [0, 0.1) is 0 Å². The Labute approximate surface area is 86.9 Å². The molecule has 0 fully saturated rings. The lowest BCUT2D eigenvalue weighted by Gasteiger charge is -2.12. The van der Waals surface area contributed by atoms with Crippen LogP contribution in [0.1, 0.15) is 24.4 Å². The van der Waals surface area contributed by atoms with Crippen molar-refractivity contribution in [3.63, 3.8) is 0 Å². The second-order valence-electron chi connectivity index (χ2n) is 2.99. The molecule has 1 atom stereocenters. The number of benzene rings is 1. The van der Waals surface area contributed by atoms with Gasteiger partial charge < -0.3 is 10.8 Å². The van der Waals surface area contributed by atoms with E-state index in [1.165, 1.54) is 0 Å². The molecular formula is C10H14BrNO. The van der Waals surface area contributed by atoms with Gasteiger partial charge in [-0.3, -0.25) is 0 Å². The summed E-state index contributed by atoms with van der Waals surface area (Å²) < 4.78 is 1.04. The van der Waals surface area contributed by atoms with Gasteiger partial charge in [-0.2, -0.15) is 0 Å². The van der Waals surface area contributed by atoms with Crippen LogP contribution in [0.5, 0.6) is 0 Å². The van der Waals surface area contributed by atoms with Crippen LogP contribution in [0.15, 0.2) is 28.7 Å². The Morgan fingerprint density at radius 3 is 2.69 bits per heavy atom. The first-order valence-corrected chi connectivity index (χ1v) is 5.16. The normalized spacial score (nSPS) is 12.8. The Bertz CT molecular complexity index is 265. The zero-order chi connectivity index (χ0) is 9.68. The van der Waals surface area contributed by atoms with Crippen LogP contribution in [-0.4, -0.2) is 11.7 Å². The van der Waals surface area contributed by atoms with Gasteiger partial charge in [0, 0.05) is 17.1 Å². The van der Waals surface area contributed by atoms with Gasteiger partial charge in [0.15, 0.2) is 0 Å². The molecule has 3 heteroatoms. The second-order valence-corrected chi connectivity index (χ2v) is 3.85. The maximum absolute atomic E-state index is 8.66. The fourth-order valence-electron chi connectivity index (χ4n) is 1.24. The molecule has 0 spiro atoms. The van der Waals surface area contributed by atoms with Gasteiger partial charge in [-0.25, -0.2) is 0 Å². The van der Waals surface area contributed by atoms with Gasteiger partial charge in [-0.15, -0.1) is 0 Å². The molecule has 0 radical (unpaired) electrons. The van der Waals surface area contributed by atoms with Crippen molar-refractivity contribution in [1.29, 1.82) is 0 Å². The predicted octanol–water partition coefficient (Wildman–Crippen LogP) is 2.22. The molecule has 0 aliphatic heterocycles. The SMILES string of the molecule is NC(CCCO)c1ccccc1Br. The van der Waals surface area contributed by atoms with Crippen LogP contribution >= 0.6 is 15.9 Å². The zero-order valence-electron chi connectivity index (χ0n) is 7.41. The van der Waals surface area contributed by atoms with Crippen molar-refractivity contribution in [1.82, 2.24) is 0 Å². The average Bonchev–Trinajstić information content (AvgIpc) is 2.15. The summed E-state index contributed by atoms with van der Waals surface area (Å²) in [6.45, 7) is 0.207. The lowest BCUT2D eigenvalue weighted by atomic mass is 10.0. The molecule has 3 N–H and O–H groups in total. The van der Waals surface area contributed by atoms with Crippen LogP contribution in [0.4, 0.5) is 0 Å². The number of hydrogen-bond donors (Lipinski definition) is 2. The summed E-state index contributed by atoms with van der Waals surface area (Å²) in [5.74, 6) is 0. The number of rotatable bonds is 4. The fourth-order valence-corrected chi connectivity index (χ4v) is 1.82. The first-order valence-electron chi connectivity index (χ1n) is 4.36. The van der Waals surface area contributed by atoms with Crippen LogP contribution in [0.3, 0.4) is 0 Å². The van der Waals surface area contributed by atoms with Crippen LogP contribution in [0.2, 0.25) is 0 Å². The van der Waals surface area contributed by atoms with Gasteiger partial charge in [0.05, 0.1) is 0 Å². The van der Waals surface area contributed by atoms with Crippen LogP contribution < -0.4 is 5.73 Å². The maximum atomic E-state index is 8.66. The Hall–Kier alpha value is -0.380. The first-order chi connectivity index (χ1) is 6.25. The first kappa shape index (κ1) is 10.7. The van der Waals surface area contributed by atoms with Gasteiger partial charge >= 0.3 is 0 Å². The number of halogens is 1. The van der Waals surface area contributed by atoms with Crippen molar-refractivity contribution in [3.05, 3.63) is 34.3 Å². The highest BCUT2D eigenvalue weighted by molar-refractivity contribution is 9.10. The largest absolute Gasteiger partial charge is 0.396 e.